The SMILES string of the molecule is CSc1nccc(C2(O)CN(C(C)(C)C)C2)n1. The second-order valence-electron chi connectivity index (χ2n) is 5.49. The Morgan fingerprint density at radius 2 is 2.06 bits per heavy atom. The smallest absolute Gasteiger partial charge is 0.187 e. The molecule has 94 valence electrons. The van der Waals surface area contributed by atoms with Crippen LogP contribution in [-0.4, -0.2) is 44.9 Å². The lowest BCUT2D eigenvalue weighted by atomic mass is 9.85. The fourth-order valence-corrected chi connectivity index (χ4v) is 2.28. The van der Waals surface area contributed by atoms with Gasteiger partial charge in [-0.1, -0.05) is 11.8 Å². The zero-order valence-corrected chi connectivity index (χ0v) is 11.6. The molecule has 0 spiro atoms. The summed E-state index contributed by atoms with van der Waals surface area (Å²) in [6, 6.07) is 1.81. The molecule has 0 aromatic carbocycles. The van der Waals surface area contributed by atoms with E-state index in [-0.39, 0.29) is 5.54 Å². The van der Waals surface area contributed by atoms with E-state index in [0.717, 1.165) is 5.69 Å². The number of hydrogen-bond acceptors (Lipinski definition) is 5. The van der Waals surface area contributed by atoms with Gasteiger partial charge in [-0.2, -0.15) is 0 Å². The number of nitrogens with zero attached hydrogens (tertiary/aromatic N) is 3. The summed E-state index contributed by atoms with van der Waals surface area (Å²) >= 11 is 1.49. The minimum absolute atomic E-state index is 0.0988. The van der Waals surface area contributed by atoms with Crippen LogP contribution in [0, 0.1) is 0 Å². The highest BCUT2D eigenvalue weighted by Gasteiger charge is 2.47. The van der Waals surface area contributed by atoms with Gasteiger partial charge in [0, 0.05) is 24.8 Å². The number of likely N-dealkylation sites (tertiary alicyclic amines) is 1. The van der Waals surface area contributed by atoms with Gasteiger partial charge < -0.3 is 5.11 Å². The molecule has 17 heavy (non-hydrogen) atoms. The fourth-order valence-electron chi connectivity index (χ4n) is 1.92. The van der Waals surface area contributed by atoms with Crippen molar-refractivity contribution in [2.24, 2.45) is 0 Å². The monoisotopic (exact) mass is 253 g/mol. The van der Waals surface area contributed by atoms with Gasteiger partial charge in [0.15, 0.2) is 5.16 Å². The van der Waals surface area contributed by atoms with Gasteiger partial charge >= 0.3 is 0 Å². The number of aliphatic hydroxyl groups is 1. The first-order valence-corrected chi connectivity index (χ1v) is 6.92. The van der Waals surface area contributed by atoms with E-state index in [2.05, 4.69) is 35.6 Å². The standard InChI is InChI=1S/C12H19N3OS/c1-11(2,3)15-7-12(16,8-15)9-5-6-13-10(14-9)17-4/h5-6,16H,7-8H2,1-4H3. The Bertz CT molecular complexity index is 410. The number of β-amino-alcohol motifs (C(OH)–C–C–N with tert-alkyl or cyclic N) is 1. The number of hydrogen-bond donors (Lipinski definition) is 1. The number of rotatable bonds is 2. The summed E-state index contributed by atoms with van der Waals surface area (Å²) in [5, 5.41) is 11.2. The molecule has 0 aliphatic carbocycles. The molecule has 2 heterocycles. The zero-order valence-electron chi connectivity index (χ0n) is 10.8. The van der Waals surface area contributed by atoms with E-state index < -0.39 is 5.60 Å². The van der Waals surface area contributed by atoms with Crippen LogP contribution < -0.4 is 0 Å². The van der Waals surface area contributed by atoms with Crippen molar-refractivity contribution < 1.29 is 5.11 Å². The highest BCUT2D eigenvalue weighted by molar-refractivity contribution is 7.98. The van der Waals surface area contributed by atoms with Crippen LogP contribution in [0.4, 0.5) is 0 Å². The maximum absolute atomic E-state index is 10.5. The summed E-state index contributed by atoms with van der Waals surface area (Å²) in [6.45, 7) is 7.74. The molecule has 0 amide bonds. The van der Waals surface area contributed by atoms with Crippen LogP contribution in [0.15, 0.2) is 17.4 Å². The molecule has 0 atom stereocenters. The van der Waals surface area contributed by atoms with Crippen LogP contribution in [0.1, 0.15) is 26.5 Å². The van der Waals surface area contributed by atoms with Gasteiger partial charge in [0.05, 0.1) is 5.69 Å². The second kappa shape index (κ2) is 4.23. The van der Waals surface area contributed by atoms with Gasteiger partial charge in [0.25, 0.3) is 0 Å². The van der Waals surface area contributed by atoms with Crippen molar-refractivity contribution in [3.05, 3.63) is 18.0 Å². The van der Waals surface area contributed by atoms with Crippen molar-refractivity contribution >= 4 is 11.8 Å². The quantitative estimate of drug-likeness (QED) is 0.639. The van der Waals surface area contributed by atoms with Crippen molar-refractivity contribution in [3.8, 4) is 0 Å². The normalized spacial score (nSPS) is 20.1. The first-order chi connectivity index (χ1) is 7.85. The van der Waals surface area contributed by atoms with Gasteiger partial charge in [-0.05, 0) is 33.1 Å². The lowest BCUT2D eigenvalue weighted by molar-refractivity contribution is -0.140. The largest absolute Gasteiger partial charge is 0.381 e. The molecule has 1 aromatic heterocycles. The number of thioether (sulfide) groups is 1. The zero-order chi connectivity index (χ0) is 12.7. The second-order valence-corrected chi connectivity index (χ2v) is 6.26. The minimum Gasteiger partial charge on any atom is -0.381 e. The van der Waals surface area contributed by atoms with Crippen molar-refractivity contribution in [1.82, 2.24) is 14.9 Å². The molecule has 1 aliphatic rings. The van der Waals surface area contributed by atoms with Crippen LogP contribution in [0.5, 0.6) is 0 Å². The molecule has 1 saturated heterocycles. The van der Waals surface area contributed by atoms with E-state index in [1.807, 2.05) is 6.26 Å². The molecule has 1 N–H and O–H groups in total. The lowest BCUT2D eigenvalue weighted by Crippen LogP contribution is -2.65. The molecule has 0 unspecified atom stereocenters. The Balaban J connectivity index is 2.14. The van der Waals surface area contributed by atoms with Crippen LogP contribution >= 0.6 is 11.8 Å². The van der Waals surface area contributed by atoms with E-state index >= 15 is 0 Å². The Morgan fingerprint density at radius 3 is 2.59 bits per heavy atom. The number of aromatic nitrogens is 2. The maximum atomic E-state index is 10.5. The average Bonchev–Trinajstić information content (AvgIpc) is 2.23. The lowest BCUT2D eigenvalue weighted by Gasteiger charge is -2.52. The summed E-state index contributed by atoms with van der Waals surface area (Å²) in [4.78, 5) is 10.7. The summed E-state index contributed by atoms with van der Waals surface area (Å²) in [6.07, 6.45) is 3.65. The van der Waals surface area contributed by atoms with Crippen molar-refractivity contribution in [3.63, 3.8) is 0 Å². The van der Waals surface area contributed by atoms with Crippen LogP contribution in [-0.2, 0) is 5.60 Å². The molecule has 1 aliphatic heterocycles. The maximum Gasteiger partial charge on any atom is 0.187 e. The van der Waals surface area contributed by atoms with E-state index in [0.29, 0.717) is 18.2 Å². The minimum atomic E-state index is -0.805. The molecule has 0 bridgehead atoms. The predicted octanol–water partition coefficient (Wildman–Crippen LogP) is 1.50. The highest BCUT2D eigenvalue weighted by atomic mass is 32.2. The van der Waals surface area contributed by atoms with Crippen LogP contribution in [0.3, 0.4) is 0 Å². The Hall–Kier alpha value is -0.650. The van der Waals surface area contributed by atoms with E-state index in [9.17, 15) is 5.11 Å². The van der Waals surface area contributed by atoms with E-state index in [1.54, 1.807) is 12.3 Å². The fraction of sp³-hybridized carbons (Fsp3) is 0.667. The molecule has 2 rings (SSSR count). The van der Waals surface area contributed by atoms with Crippen LogP contribution in [0.2, 0.25) is 0 Å². The first-order valence-electron chi connectivity index (χ1n) is 5.70. The molecule has 1 fully saturated rings. The van der Waals surface area contributed by atoms with Gasteiger partial charge in [-0.15, -0.1) is 0 Å². The van der Waals surface area contributed by atoms with E-state index in [4.69, 9.17) is 0 Å². The molecule has 1 aromatic rings. The van der Waals surface area contributed by atoms with Crippen LogP contribution in [0.25, 0.3) is 0 Å². The summed E-state index contributed by atoms with van der Waals surface area (Å²) in [5.74, 6) is 0. The van der Waals surface area contributed by atoms with E-state index in [1.165, 1.54) is 11.8 Å². The molecular weight excluding hydrogens is 234 g/mol. The van der Waals surface area contributed by atoms with Crippen molar-refractivity contribution in [2.75, 3.05) is 19.3 Å². The van der Waals surface area contributed by atoms with Gasteiger partial charge in [0.2, 0.25) is 0 Å². The molecule has 0 radical (unpaired) electrons. The molecule has 5 heteroatoms. The highest BCUT2D eigenvalue weighted by Crippen LogP contribution is 2.35. The topological polar surface area (TPSA) is 49.3 Å². The Morgan fingerprint density at radius 1 is 1.41 bits per heavy atom. The molecule has 4 nitrogen and oxygen atoms in total. The molecular formula is C12H19N3OS. The van der Waals surface area contributed by atoms with Crippen molar-refractivity contribution in [2.45, 2.75) is 37.1 Å². The summed E-state index contributed by atoms with van der Waals surface area (Å²) < 4.78 is 0. The first kappa shape index (κ1) is 12.8. The Labute approximate surface area is 106 Å². The third kappa shape index (κ3) is 2.46. The average molecular weight is 253 g/mol. The Kier molecular flexibility index (Phi) is 3.18. The predicted molar refractivity (Wildman–Crippen MR) is 69.0 cm³/mol. The third-order valence-corrected chi connectivity index (χ3v) is 3.71. The summed E-state index contributed by atoms with van der Waals surface area (Å²) in [5.41, 5.74) is 0.0276. The summed E-state index contributed by atoms with van der Waals surface area (Å²) in [7, 11) is 0. The third-order valence-electron chi connectivity index (χ3n) is 3.15. The molecule has 0 saturated carbocycles. The van der Waals surface area contributed by atoms with Gasteiger partial charge in [-0.25, -0.2) is 9.97 Å². The van der Waals surface area contributed by atoms with Gasteiger partial charge in [0.1, 0.15) is 5.60 Å². The van der Waals surface area contributed by atoms with Crippen molar-refractivity contribution in [1.29, 1.82) is 0 Å². The van der Waals surface area contributed by atoms with Gasteiger partial charge in [-0.3, -0.25) is 4.90 Å².